The van der Waals surface area contributed by atoms with Crippen molar-refractivity contribution in [3.63, 3.8) is 0 Å². The molecule has 0 aromatic heterocycles. The largest absolute Gasteiger partial charge is 0.478 e. The van der Waals surface area contributed by atoms with E-state index in [1.165, 1.54) is 12.1 Å². The van der Waals surface area contributed by atoms with Crippen molar-refractivity contribution in [2.45, 2.75) is 0 Å². The van der Waals surface area contributed by atoms with Gasteiger partial charge in [-0.25, -0.2) is 4.79 Å². The van der Waals surface area contributed by atoms with Crippen LogP contribution in [0.3, 0.4) is 0 Å². The van der Waals surface area contributed by atoms with Crippen molar-refractivity contribution >= 4 is 34.9 Å². The third kappa shape index (κ3) is 1.90. The molecule has 0 unspecified atom stereocenters. The van der Waals surface area contributed by atoms with Gasteiger partial charge in [0.05, 0.1) is 21.3 Å². The summed E-state index contributed by atoms with van der Waals surface area (Å²) in [5.74, 6) is -1.19. The van der Waals surface area contributed by atoms with Gasteiger partial charge in [-0.1, -0.05) is 34.4 Å². The lowest BCUT2D eigenvalue weighted by Crippen LogP contribution is -1.97. The van der Waals surface area contributed by atoms with E-state index >= 15 is 0 Å². The highest BCUT2D eigenvalue weighted by Crippen LogP contribution is 2.34. The number of carbonyl (C=O) groups is 1. The summed E-state index contributed by atoms with van der Waals surface area (Å²) in [6.45, 7) is 0. The fourth-order valence-electron chi connectivity index (χ4n) is 0.830. The zero-order valence-corrected chi connectivity index (χ0v) is 8.12. The zero-order chi connectivity index (χ0) is 10.7. The van der Waals surface area contributed by atoms with Crippen molar-refractivity contribution in [2.75, 3.05) is 0 Å². The molecule has 0 saturated carbocycles. The van der Waals surface area contributed by atoms with Gasteiger partial charge in [-0.15, -0.1) is 0 Å². The molecule has 72 valence electrons. The quantitative estimate of drug-likeness (QED) is 0.479. The van der Waals surface area contributed by atoms with Crippen LogP contribution in [0, 0.1) is 0 Å². The van der Waals surface area contributed by atoms with Crippen molar-refractivity contribution in [1.29, 1.82) is 0 Å². The van der Waals surface area contributed by atoms with Crippen LogP contribution in [0.5, 0.6) is 0 Å². The van der Waals surface area contributed by atoms with Crippen LogP contribution in [0.2, 0.25) is 10.0 Å². The number of rotatable bonds is 2. The summed E-state index contributed by atoms with van der Waals surface area (Å²) in [6.07, 6.45) is 0. The first-order valence-electron chi connectivity index (χ1n) is 3.34. The maximum absolute atomic E-state index is 10.6. The van der Waals surface area contributed by atoms with Gasteiger partial charge in [-0.05, 0) is 11.6 Å². The minimum Gasteiger partial charge on any atom is -0.478 e. The van der Waals surface area contributed by atoms with Crippen LogP contribution in [-0.4, -0.2) is 11.1 Å². The van der Waals surface area contributed by atoms with Gasteiger partial charge < -0.3 is 5.11 Å². The molecule has 0 saturated heterocycles. The van der Waals surface area contributed by atoms with Crippen molar-refractivity contribution in [3.05, 3.63) is 38.2 Å². The molecule has 1 aromatic rings. The van der Waals surface area contributed by atoms with Gasteiger partial charge >= 0.3 is 5.97 Å². The maximum Gasteiger partial charge on any atom is 0.337 e. The van der Waals surface area contributed by atoms with Gasteiger partial charge in [0.25, 0.3) is 0 Å². The predicted octanol–water partition coefficient (Wildman–Crippen LogP) is 3.63. The van der Waals surface area contributed by atoms with Crippen LogP contribution < -0.4 is 0 Å². The first-order chi connectivity index (χ1) is 6.57. The number of azide groups is 1. The molecule has 1 rings (SSSR count). The SMILES string of the molecule is [N-]=[N+]=Nc1ccc(C(=O)O)c(Cl)c1Cl. The number of benzene rings is 1. The van der Waals surface area contributed by atoms with Gasteiger partial charge in [0.2, 0.25) is 0 Å². The number of aromatic carboxylic acids is 1. The second kappa shape index (κ2) is 4.19. The van der Waals surface area contributed by atoms with Crippen LogP contribution in [0.1, 0.15) is 10.4 Å². The number of nitrogens with zero attached hydrogens (tertiary/aromatic N) is 3. The Morgan fingerprint density at radius 2 is 2.07 bits per heavy atom. The number of carboxylic acid groups (broad SMARTS) is 1. The first-order valence-corrected chi connectivity index (χ1v) is 4.10. The summed E-state index contributed by atoms with van der Waals surface area (Å²) in [6, 6.07) is 2.51. The van der Waals surface area contributed by atoms with Crippen molar-refractivity contribution < 1.29 is 9.90 Å². The molecular formula is C7H3Cl2N3O2. The fourth-order valence-corrected chi connectivity index (χ4v) is 1.27. The lowest BCUT2D eigenvalue weighted by molar-refractivity contribution is 0.0697. The molecule has 7 heteroatoms. The normalized spacial score (nSPS) is 9.29. The summed E-state index contributed by atoms with van der Waals surface area (Å²) in [5, 5.41) is 11.7. The number of hydrogen-bond donors (Lipinski definition) is 1. The van der Waals surface area contributed by atoms with Gasteiger partial charge in [-0.3, -0.25) is 0 Å². The molecule has 0 aliphatic heterocycles. The Bertz CT molecular complexity index is 414. The Hall–Kier alpha value is -1.42. The minimum atomic E-state index is -1.19. The molecular weight excluding hydrogens is 229 g/mol. The number of halogens is 2. The summed E-state index contributed by atoms with van der Waals surface area (Å²) in [7, 11) is 0. The molecule has 0 aliphatic carbocycles. The molecule has 0 radical (unpaired) electrons. The van der Waals surface area contributed by atoms with Crippen LogP contribution in [0.15, 0.2) is 17.2 Å². The molecule has 1 N–H and O–H groups in total. The Morgan fingerprint density at radius 3 is 2.57 bits per heavy atom. The molecule has 0 bridgehead atoms. The van der Waals surface area contributed by atoms with Gasteiger partial charge in [0, 0.05) is 4.91 Å². The van der Waals surface area contributed by atoms with E-state index in [2.05, 4.69) is 10.0 Å². The lowest BCUT2D eigenvalue weighted by atomic mass is 10.2. The summed E-state index contributed by atoms with van der Waals surface area (Å²) in [5.41, 5.74) is 8.12. The molecule has 0 amide bonds. The Balaban J connectivity index is 3.40. The van der Waals surface area contributed by atoms with E-state index in [0.29, 0.717) is 0 Å². The number of hydrogen-bond acceptors (Lipinski definition) is 2. The lowest BCUT2D eigenvalue weighted by Gasteiger charge is -2.02. The first kappa shape index (κ1) is 10.7. The fraction of sp³-hybridized carbons (Fsp3) is 0. The van der Waals surface area contributed by atoms with Gasteiger partial charge in [-0.2, -0.15) is 0 Å². The monoisotopic (exact) mass is 231 g/mol. The van der Waals surface area contributed by atoms with Crippen LogP contribution in [0.25, 0.3) is 10.4 Å². The van der Waals surface area contributed by atoms with Crippen molar-refractivity contribution in [3.8, 4) is 0 Å². The van der Waals surface area contributed by atoms with Crippen LogP contribution >= 0.6 is 23.2 Å². The van der Waals surface area contributed by atoms with E-state index in [4.69, 9.17) is 33.8 Å². The summed E-state index contributed by atoms with van der Waals surface area (Å²) >= 11 is 11.3. The molecule has 0 spiro atoms. The molecule has 14 heavy (non-hydrogen) atoms. The molecule has 0 heterocycles. The predicted molar refractivity (Wildman–Crippen MR) is 52.2 cm³/mol. The van der Waals surface area contributed by atoms with Crippen LogP contribution in [-0.2, 0) is 0 Å². The highest BCUT2D eigenvalue weighted by molar-refractivity contribution is 6.45. The third-order valence-corrected chi connectivity index (χ3v) is 2.32. The van der Waals surface area contributed by atoms with Crippen molar-refractivity contribution in [2.24, 2.45) is 5.11 Å². The number of carboxylic acids is 1. The highest BCUT2D eigenvalue weighted by atomic mass is 35.5. The standard InChI is InChI=1S/C7H3Cl2N3O2/c8-5-3(7(13)14)1-2-4(6(5)9)11-12-10/h1-2H,(H,13,14). The Kier molecular flexibility index (Phi) is 3.19. The Morgan fingerprint density at radius 1 is 1.43 bits per heavy atom. The molecule has 5 nitrogen and oxygen atoms in total. The Labute approximate surface area is 88.5 Å². The van der Waals surface area contributed by atoms with Gasteiger partial charge in [0.15, 0.2) is 0 Å². The minimum absolute atomic E-state index is 0.0654. The summed E-state index contributed by atoms with van der Waals surface area (Å²) in [4.78, 5) is 13.1. The van der Waals surface area contributed by atoms with E-state index in [9.17, 15) is 4.79 Å². The maximum atomic E-state index is 10.6. The van der Waals surface area contributed by atoms with E-state index in [0.717, 1.165) is 0 Å². The van der Waals surface area contributed by atoms with E-state index in [1.54, 1.807) is 0 Å². The smallest absolute Gasteiger partial charge is 0.337 e. The van der Waals surface area contributed by atoms with Crippen LogP contribution in [0.4, 0.5) is 5.69 Å². The zero-order valence-electron chi connectivity index (χ0n) is 6.61. The third-order valence-electron chi connectivity index (χ3n) is 1.44. The molecule has 1 aromatic carbocycles. The highest BCUT2D eigenvalue weighted by Gasteiger charge is 2.13. The average Bonchev–Trinajstić information content (AvgIpc) is 2.13. The second-order valence-corrected chi connectivity index (χ2v) is 3.01. The summed E-state index contributed by atoms with van der Waals surface area (Å²) < 4.78 is 0. The van der Waals surface area contributed by atoms with E-state index in [1.807, 2.05) is 0 Å². The molecule has 0 fully saturated rings. The van der Waals surface area contributed by atoms with Gasteiger partial charge in [0.1, 0.15) is 0 Å². The second-order valence-electron chi connectivity index (χ2n) is 2.25. The van der Waals surface area contributed by atoms with Crippen molar-refractivity contribution in [1.82, 2.24) is 0 Å². The topological polar surface area (TPSA) is 86.1 Å². The van der Waals surface area contributed by atoms with E-state index in [-0.39, 0.29) is 21.3 Å². The molecule has 0 atom stereocenters. The average molecular weight is 232 g/mol. The molecule has 0 aliphatic rings. The van der Waals surface area contributed by atoms with E-state index < -0.39 is 5.97 Å².